The Bertz CT molecular complexity index is 1260. The molecule has 2 aliphatic rings. The van der Waals surface area contributed by atoms with Crippen molar-refractivity contribution in [2.24, 2.45) is 9.98 Å². The molecular formula is C26H22BrN3O4. The van der Waals surface area contributed by atoms with Gasteiger partial charge in [-0.15, -0.1) is 0 Å². The van der Waals surface area contributed by atoms with Crippen molar-refractivity contribution in [3.63, 3.8) is 0 Å². The Hall–Kier alpha value is -3.33. The lowest BCUT2D eigenvalue weighted by Crippen LogP contribution is -2.49. The molecule has 2 heterocycles. The summed E-state index contributed by atoms with van der Waals surface area (Å²) >= 11 is 3.41. The lowest BCUT2D eigenvalue weighted by Gasteiger charge is -2.30. The van der Waals surface area contributed by atoms with Crippen LogP contribution in [-0.4, -0.2) is 45.0 Å². The van der Waals surface area contributed by atoms with Crippen LogP contribution in [0.5, 0.6) is 5.75 Å². The monoisotopic (exact) mass is 519 g/mol. The molecule has 0 aromatic heterocycles. The highest BCUT2D eigenvalue weighted by molar-refractivity contribution is 9.10. The molecule has 0 saturated heterocycles. The van der Waals surface area contributed by atoms with Gasteiger partial charge in [-0.25, -0.2) is 10.2 Å². The third-order valence-corrected chi connectivity index (χ3v) is 6.58. The molecule has 2 N–H and O–H groups in total. The van der Waals surface area contributed by atoms with Gasteiger partial charge in [0.05, 0.1) is 18.3 Å². The smallest absolute Gasteiger partial charge is 0.287 e. The van der Waals surface area contributed by atoms with Crippen molar-refractivity contribution in [2.45, 2.75) is 24.6 Å². The zero-order valence-electron chi connectivity index (χ0n) is 18.1. The number of nitrogens with zero attached hydrogens (tertiary/aromatic N) is 3. The molecule has 34 heavy (non-hydrogen) atoms. The zero-order valence-corrected chi connectivity index (χ0v) is 19.7. The second-order valence-corrected chi connectivity index (χ2v) is 9.29. The molecule has 0 radical (unpaired) electrons. The summed E-state index contributed by atoms with van der Waals surface area (Å²) in [6.07, 6.45) is 0.552. The van der Waals surface area contributed by atoms with Crippen molar-refractivity contribution in [1.29, 1.82) is 0 Å². The Labute approximate surface area is 205 Å². The third-order valence-electron chi connectivity index (χ3n) is 6.05. The predicted molar refractivity (Wildman–Crippen MR) is 132 cm³/mol. The van der Waals surface area contributed by atoms with E-state index in [0.717, 1.165) is 21.2 Å². The average molecular weight is 520 g/mol. The number of fused-ring (bicyclic) bond motifs is 1. The van der Waals surface area contributed by atoms with Gasteiger partial charge in [0.25, 0.3) is 11.6 Å². The highest BCUT2D eigenvalue weighted by atomic mass is 79.9. The highest BCUT2D eigenvalue weighted by Gasteiger charge is 2.53. The largest absolute Gasteiger partial charge is 0.508 e. The van der Waals surface area contributed by atoms with Crippen LogP contribution in [0.3, 0.4) is 0 Å². The van der Waals surface area contributed by atoms with Crippen molar-refractivity contribution >= 4 is 33.4 Å². The molecule has 8 heteroatoms. The summed E-state index contributed by atoms with van der Waals surface area (Å²) in [6, 6.07) is 23.7. The van der Waals surface area contributed by atoms with Crippen molar-refractivity contribution in [3.05, 3.63) is 100 Å². The fraction of sp³-hybridized carbons (Fsp3) is 0.192. The van der Waals surface area contributed by atoms with Crippen LogP contribution in [0, 0.1) is 0 Å². The summed E-state index contributed by atoms with van der Waals surface area (Å²) in [6.45, 7) is 0.256. The minimum absolute atomic E-state index is 0.0815. The maximum Gasteiger partial charge on any atom is 0.287 e. The van der Waals surface area contributed by atoms with E-state index in [9.17, 15) is 15.2 Å². The maximum atomic E-state index is 13.6. The number of phenols is 1. The van der Waals surface area contributed by atoms with Crippen molar-refractivity contribution in [3.8, 4) is 5.75 Å². The first-order valence-electron chi connectivity index (χ1n) is 10.9. The molecule has 0 aliphatic carbocycles. The average Bonchev–Trinajstić information content (AvgIpc) is 3.14. The van der Waals surface area contributed by atoms with E-state index in [1.807, 2.05) is 54.6 Å². The number of benzene rings is 3. The topological polar surface area (TPSA) is 94.7 Å². The number of rotatable bonds is 6. The van der Waals surface area contributed by atoms with Crippen LogP contribution in [0.2, 0.25) is 0 Å². The summed E-state index contributed by atoms with van der Waals surface area (Å²) < 4.78 is 0.908. The number of hydrogen-bond donors (Lipinski definition) is 2. The van der Waals surface area contributed by atoms with Crippen LogP contribution in [0.15, 0.2) is 93.3 Å². The number of amidine groups is 1. The van der Waals surface area contributed by atoms with Crippen LogP contribution in [0.1, 0.15) is 22.7 Å². The maximum absolute atomic E-state index is 13.6. The Morgan fingerprint density at radius 3 is 2.38 bits per heavy atom. The standard InChI is InChI=1S/C26H22BrN3O4/c27-20-10-6-18(7-11-20)15-26(34-33)25(32)30-16-23(19-8-12-21(31)13-9-19)28-22(24(30)29-26)14-17-4-2-1-3-5-17/h1-13,23,31,33H,14-16H2/t23?,26-/m1/s1. The second kappa shape index (κ2) is 9.13. The first-order valence-corrected chi connectivity index (χ1v) is 11.7. The number of aliphatic imine (C=N–C) groups is 2. The quantitative estimate of drug-likeness (QED) is 0.368. The van der Waals surface area contributed by atoms with Crippen LogP contribution >= 0.6 is 15.9 Å². The van der Waals surface area contributed by atoms with E-state index in [1.54, 1.807) is 29.2 Å². The van der Waals surface area contributed by atoms with Crippen LogP contribution < -0.4 is 0 Å². The van der Waals surface area contributed by atoms with Crippen molar-refractivity contribution in [1.82, 2.24) is 4.90 Å². The summed E-state index contributed by atoms with van der Waals surface area (Å²) in [4.78, 5) is 29.5. The summed E-state index contributed by atoms with van der Waals surface area (Å²) in [7, 11) is 0. The van der Waals surface area contributed by atoms with Gasteiger partial charge in [-0.2, -0.15) is 4.89 Å². The molecule has 3 aromatic rings. The number of amides is 1. The minimum atomic E-state index is -1.77. The van der Waals surface area contributed by atoms with Gasteiger partial charge in [0.15, 0.2) is 5.84 Å². The molecule has 2 aliphatic heterocycles. The number of phenolic OH excluding ortho intramolecular Hbond substituents is 1. The minimum Gasteiger partial charge on any atom is -0.508 e. The van der Waals surface area contributed by atoms with Gasteiger partial charge in [-0.1, -0.05) is 70.5 Å². The zero-order chi connectivity index (χ0) is 23.7. The van der Waals surface area contributed by atoms with E-state index in [4.69, 9.17) is 9.88 Å². The van der Waals surface area contributed by atoms with Gasteiger partial charge in [0, 0.05) is 17.3 Å². The number of aromatic hydroxyl groups is 1. The van der Waals surface area contributed by atoms with Gasteiger partial charge in [-0.3, -0.25) is 14.7 Å². The molecule has 1 unspecified atom stereocenters. The van der Waals surface area contributed by atoms with E-state index in [2.05, 4.69) is 20.9 Å². The van der Waals surface area contributed by atoms with Gasteiger partial charge in [-0.05, 0) is 41.0 Å². The number of carbonyl (C=O) groups excluding carboxylic acids is 1. The van der Waals surface area contributed by atoms with Crippen LogP contribution in [0.25, 0.3) is 0 Å². The molecule has 2 atom stereocenters. The first kappa shape index (κ1) is 22.5. The molecule has 0 saturated carbocycles. The van der Waals surface area contributed by atoms with Crippen LogP contribution in [0.4, 0.5) is 0 Å². The molecule has 7 nitrogen and oxygen atoms in total. The molecule has 0 spiro atoms. The van der Waals surface area contributed by atoms with Crippen LogP contribution in [-0.2, 0) is 22.5 Å². The Morgan fingerprint density at radius 2 is 1.71 bits per heavy atom. The van der Waals surface area contributed by atoms with E-state index in [1.165, 1.54) is 0 Å². The number of carbonyl (C=O) groups is 1. The van der Waals surface area contributed by atoms with Gasteiger partial charge in [0.1, 0.15) is 5.75 Å². The van der Waals surface area contributed by atoms with E-state index in [0.29, 0.717) is 18.0 Å². The van der Waals surface area contributed by atoms with Gasteiger partial charge in [0.2, 0.25) is 0 Å². The predicted octanol–water partition coefficient (Wildman–Crippen LogP) is 4.56. The molecule has 172 valence electrons. The van der Waals surface area contributed by atoms with Crippen molar-refractivity contribution < 1.29 is 20.0 Å². The van der Waals surface area contributed by atoms with E-state index < -0.39 is 11.6 Å². The fourth-order valence-corrected chi connectivity index (χ4v) is 4.58. The molecule has 0 fully saturated rings. The SMILES string of the molecule is O=C1N2CC(c3ccc(O)cc3)N=C(Cc3ccccc3)C2=N[C@]1(Cc1ccc(Br)cc1)OO. The summed E-state index contributed by atoms with van der Waals surface area (Å²) in [5.74, 6) is 0.141. The van der Waals surface area contributed by atoms with E-state index in [-0.39, 0.29) is 24.8 Å². The Kier molecular flexibility index (Phi) is 6.03. The Balaban J connectivity index is 1.54. The van der Waals surface area contributed by atoms with E-state index >= 15 is 0 Å². The van der Waals surface area contributed by atoms with Gasteiger partial charge < -0.3 is 5.11 Å². The molecule has 5 rings (SSSR count). The second-order valence-electron chi connectivity index (χ2n) is 8.38. The lowest BCUT2D eigenvalue weighted by molar-refractivity contribution is -0.309. The number of halogens is 1. The molecule has 3 aromatic carbocycles. The van der Waals surface area contributed by atoms with Crippen molar-refractivity contribution in [2.75, 3.05) is 6.54 Å². The summed E-state index contributed by atoms with van der Waals surface area (Å²) in [5, 5.41) is 19.6. The fourth-order valence-electron chi connectivity index (χ4n) is 4.31. The molecule has 0 bridgehead atoms. The molecule has 1 amide bonds. The van der Waals surface area contributed by atoms with Gasteiger partial charge >= 0.3 is 0 Å². The first-order chi connectivity index (χ1) is 16.5. The highest BCUT2D eigenvalue weighted by Crippen LogP contribution is 2.35. The normalized spacial score (nSPS) is 21.8. The number of hydrogen-bond acceptors (Lipinski definition) is 6. The molecular weight excluding hydrogens is 498 g/mol. The summed E-state index contributed by atoms with van der Waals surface area (Å²) in [5.41, 5.74) is 1.55. The Morgan fingerprint density at radius 1 is 1.00 bits per heavy atom. The third kappa shape index (κ3) is 4.27. The lowest BCUT2D eigenvalue weighted by atomic mass is 10.00.